The smallest absolute Gasteiger partial charge is 0.319 e. The van der Waals surface area contributed by atoms with Crippen LogP contribution in [0.2, 0.25) is 0 Å². The number of alkyl halides is 2. The van der Waals surface area contributed by atoms with Gasteiger partial charge in [-0.2, -0.15) is 9.97 Å². The Hall–Kier alpha value is -4.74. The minimum atomic E-state index is -2.72. The first-order valence-corrected chi connectivity index (χ1v) is 16.8. The molecule has 5 heterocycles. The van der Waals surface area contributed by atoms with Gasteiger partial charge in [0.05, 0.1) is 32.4 Å². The first-order valence-electron chi connectivity index (χ1n) is 16.8. The van der Waals surface area contributed by atoms with E-state index in [2.05, 4.69) is 21.1 Å². The number of aromatic hydroxyl groups is 1. The van der Waals surface area contributed by atoms with E-state index in [9.17, 15) is 28.4 Å². The highest BCUT2D eigenvalue weighted by molar-refractivity contribution is 6.06. The van der Waals surface area contributed by atoms with Gasteiger partial charge >= 0.3 is 6.01 Å². The van der Waals surface area contributed by atoms with Crippen LogP contribution in [0.3, 0.4) is 0 Å². The zero-order valence-electron chi connectivity index (χ0n) is 26.8. The average Bonchev–Trinajstić information content (AvgIpc) is 3.40. The van der Waals surface area contributed by atoms with Crippen LogP contribution in [0.5, 0.6) is 11.8 Å². The fraction of sp³-hybridized carbons (Fsp3) is 0.444. The topological polar surface area (TPSA) is 117 Å². The van der Waals surface area contributed by atoms with Crippen LogP contribution in [0.4, 0.5) is 29.1 Å². The molecule has 1 spiro atoms. The van der Waals surface area contributed by atoms with Gasteiger partial charge in [0.2, 0.25) is 0 Å². The van der Waals surface area contributed by atoms with E-state index in [-0.39, 0.29) is 88.5 Å². The molecular formula is C36H32F4N6O4. The number of terminal acetylenes is 1. The number of aromatic nitrogens is 2. The summed E-state index contributed by atoms with van der Waals surface area (Å²) >= 11 is 0. The zero-order valence-corrected chi connectivity index (χ0v) is 26.8. The molecule has 4 aliphatic heterocycles. The first-order chi connectivity index (χ1) is 23.9. The van der Waals surface area contributed by atoms with Crippen LogP contribution in [0, 0.1) is 39.5 Å². The quantitative estimate of drug-likeness (QED) is 0.110. The molecule has 2 bridgehead atoms. The molecular weight excluding hydrogens is 656 g/mol. The molecule has 0 amide bonds. The number of phenols is 1. The minimum absolute atomic E-state index is 0.0172. The highest BCUT2D eigenvalue weighted by Gasteiger charge is 2.77. The van der Waals surface area contributed by atoms with E-state index < -0.39 is 44.7 Å². The molecule has 0 unspecified atom stereocenters. The van der Waals surface area contributed by atoms with E-state index in [1.54, 1.807) is 0 Å². The van der Waals surface area contributed by atoms with E-state index in [4.69, 9.17) is 16.1 Å². The summed E-state index contributed by atoms with van der Waals surface area (Å²) in [7, 11) is 0. The van der Waals surface area contributed by atoms with Gasteiger partial charge < -0.3 is 20.1 Å². The van der Waals surface area contributed by atoms with Crippen molar-refractivity contribution in [3.05, 3.63) is 57.6 Å². The molecule has 50 heavy (non-hydrogen) atoms. The molecule has 2 N–H and O–H groups in total. The number of hydrogen-bond acceptors (Lipinski definition) is 9. The van der Waals surface area contributed by atoms with Gasteiger partial charge in [0.1, 0.15) is 29.5 Å². The Morgan fingerprint density at radius 2 is 1.90 bits per heavy atom. The van der Waals surface area contributed by atoms with Gasteiger partial charge in [-0.3, -0.25) is 15.0 Å². The Morgan fingerprint density at radius 3 is 2.60 bits per heavy atom. The standard InChI is InChI=1S/C36H32F4N6O4/c1-2-23-26(37)7-4-19-10-22(47)11-24(28(19)23)29-27(46(48)49)12-25-31(30(29)38)42-33(43-32(25)44-13-20-5-6-21(14-44)41-20)50-18-35-8-3-9-45(35)17-34(15-35)16-36(34,39)40/h1,4,7,10-12,20-21,41,47H,3,5-6,8-9,13-18H2/t20-,21+,34-,35-/m0/s1. The lowest BCUT2D eigenvalue weighted by atomic mass is 9.89. The number of nitrogens with one attached hydrogen (secondary N) is 1. The van der Waals surface area contributed by atoms with Gasteiger partial charge in [0.25, 0.3) is 11.6 Å². The van der Waals surface area contributed by atoms with Crippen LogP contribution >= 0.6 is 0 Å². The number of phenolic OH excluding ortho intramolecular Hbond substituents is 1. The molecule has 0 radical (unpaired) electrons. The lowest BCUT2D eigenvalue weighted by Crippen LogP contribution is -2.51. The number of hydrogen-bond donors (Lipinski definition) is 2. The van der Waals surface area contributed by atoms with E-state index >= 15 is 4.39 Å². The van der Waals surface area contributed by atoms with Gasteiger partial charge in [0, 0.05) is 55.2 Å². The van der Waals surface area contributed by atoms with Crippen molar-refractivity contribution in [1.29, 1.82) is 0 Å². The van der Waals surface area contributed by atoms with Crippen molar-refractivity contribution < 1.29 is 32.3 Å². The van der Waals surface area contributed by atoms with Crippen molar-refractivity contribution >= 4 is 33.2 Å². The van der Waals surface area contributed by atoms with Crippen LogP contribution < -0.4 is 15.0 Å². The summed E-state index contributed by atoms with van der Waals surface area (Å²) in [5.74, 6) is -2.42. The summed E-state index contributed by atoms with van der Waals surface area (Å²) in [6.45, 7) is 2.00. The van der Waals surface area contributed by atoms with Crippen molar-refractivity contribution in [2.45, 2.75) is 62.1 Å². The van der Waals surface area contributed by atoms with Crippen molar-refractivity contribution in [3.63, 3.8) is 0 Å². The van der Waals surface area contributed by atoms with Crippen molar-refractivity contribution in [2.24, 2.45) is 5.41 Å². The number of piperazine rings is 1. The molecule has 3 aromatic carbocycles. The molecule has 1 aliphatic carbocycles. The summed E-state index contributed by atoms with van der Waals surface area (Å²) in [5, 5.41) is 27.2. The maximum atomic E-state index is 17.2. The largest absolute Gasteiger partial charge is 0.508 e. The van der Waals surface area contributed by atoms with E-state index in [0.717, 1.165) is 31.4 Å². The van der Waals surface area contributed by atoms with Crippen LogP contribution in [-0.4, -0.2) is 81.2 Å². The molecule has 1 aromatic heterocycles. The molecule has 4 saturated heterocycles. The minimum Gasteiger partial charge on any atom is -0.508 e. The Labute approximate surface area is 283 Å². The van der Waals surface area contributed by atoms with E-state index in [0.29, 0.717) is 26.1 Å². The Bertz CT molecular complexity index is 2180. The molecule has 5 aliphatic rings. The number of nitro groups is 1. The fourth-order valence-corrected chi connectivity index (χ4v) is 9.27. The van der Waals surface area contributed by atoms with Crippen molar-refractivity contribution in [2.75, 3.05) is 37.7 Å². The second-order valence-electron chi connectivity index (χ2n) is 14.6. The first kappa shape index (κ1) is 31.3. The number of rotatable bonds is 6. The number of benzene rings is 3. The Balaban J connectivity index is 1.22. The number of anilines is 1. The Kier molecular flexibility index (Phi) is 6.65. The molecule has 14 heteroatoms. The number of fused-ring (bicyclic) bond motifs is 5. The van der Waals surface area contributed by atoms with Gasteiger partial charge in [-0.05, 0) is 62.2 Å². The van der Waals surface area contributed by atoms with E-state index in [1.807, 2.05) is 4.90 Å². The molecule has 1 saturated carbocycles. The number of halogens is 4. The highest BCUT2D eigenvalue weighted by atomic mass is 19.3. The third-order valence-corrected chi connectivity index (χ3v) is 11.6. The van der Waals surface area contributed by atoms with Crippen LogP contribution in [0.1, 0.15) is 44.1 Å². The van der Waals surface area contributed by atoms with Crippen LogP contribution in [-0.2, 0) is 0 Å². The maximum absolute atomic E-state index is 17.2. The van der Waals surface area contributed by atoms with Crippen molar-refractivity contribution in [1.82, 2.24) is 20.2 Å². The number of ether oxygens (including phenoxy) is 1. The van der Waals surface area contributed by atoms with Gasteiger partial charge in [0.15, 0.2) is 5.82 Å². The van der Waals surface area contributed by atoms with Gasteiger partial charge in [-0.25, -0.2) is 17.6 Å². The van der Waals surface area contributed by atoms with Gasteiger partial charge in [-0.1, -0.05) is 12.0 Å². The van der Waals surface area contributed by atoms with Crippen molar-refractivity contribution in [3.8, 4) is 35.2 Å². The molecule has 10 nitrogen and oxygen atoms in total. The lowest BCUT2D eigenvalue weighted by molar-refractivity contribution is -0.384. The third kappa shape index (κ3) is 4.55. The van der Waals surface area contributed by atoms with Gasteiger partial charge in [-0.15, -0.1) is 6.42 Å². The molecule has 9 rings (SSSR count). The lowest BCUT2D eigenvalue weighted by Gasteiger charge is -2.34. The summed E-state index contributed by atoms with van der Waals surface area (Å²) in [5.41, 5.74) is -3.57. The fourth-order valence-electron chi connectivity index (χ4n) is 9.27. The monoisotopic (exact) mass is 688 g/mol. The highest BCUT2D eigenvalue weighted by Crippen LogP contribution is 2.69. The molecule has 4 atom stereocenters. The third-order valence-electron chi connectivity index (χ3n) is 11.6. The summed E-state index contributed by atoms with van der Waals surface area (Å²) in [4.78, 5) is 25.1. The second kappa shape index (κ2) is 10.6. The molecule has 5 fully saturated rings. The molecule has 4 aromatic rings. The average molecular weight is 689 g/mol. The normalized spacial score (nSPS) is 28.0. The van der Waals surface area contributed by atoms with E-state index in [1.165, 1.54) is 18.2 Å². The summed E-state index contributed by atoms with van der Waals surface area (Å²) in [6.07, 6.45) is 9.13. The predicted octanol–water partition coefficient (Wildman–Crippen LogP) is 5.91. The Morgan fingerprint density at radius 1 is 1.14 bits per heavy atom. The second-order valence-corrected chi connectivity index (χ2v) is 14.6. The number of nitro benzene ring substituents is 1. The maximum Gasteiger partial charge on any atom is 0.319 e. The number of nitrogens with zero attached hydrogens (tertiary/aromatic N) is 5. The van der Waals surface area contributed by atoms with Crippen LogP contribution in [0.25, 0.3) is 32.8 Å². The SMILES string of the molecule is C#Cc1c(F)ccc2cc(O)cc(-c3c([N+](=O)[O-])cc4c(N5C[C@H]6CC[C@@H](C5)N6)nc(OC[C@@]56CCCN5C[C@@]5(CC5(F)F)C6)nc4c3F)c12. The molecule has 258 valence electrons. The summed E-state index contributed by atoms with van der Waals surface area (Å²) in [6, 6.07) is 6.18. The zero-order chi connectivity index (χ0) is 34.7. The summed E-state index contributed by atoms with van der Waals surface area (Å²) < 4.78 is 67.4. The predicted molar refractivity (Wildman–Crippen MR) is 176 cm³/mol. The van der Waals surface area contributed by atoms with Crippen LogP contribution in [0.15, 0.2) is 30.3 Å².